The maximum Gasteiger partial charge on any atom is 0.411 e. The molecule has 1 N–H and O–H groups in total. The van der Waals surface area contributed by atoms with Gasteiger partial charge in [-0.15, -0.1) is 23.6 Å². The van der Waals surface area contributed by atoms with E-state index in [-0.39, 0.29) is 68.3 Å². The molecule has 0 spiro atoms. The number of carbonyl (C=O) groups excluding carboxylic acids is 2. The topological polar surface area (TPSA) is 101 Å². The third-order valence-corrected chi connectivity index (χ3v) is 8.50. The number of hydrogen-bond donors (Lipinski definition) is 0. The average Bonchev–Trinajstić information content (AvgIpc) is 3.10. The van der Waals surface area contributed by atoms with E-state index in [1.165, 1.54) is 16.2 Å². The smallest absolute Gasteiger partial charge is 0.411 e. The van der Waals surface area contributed by atoms with Gasteiger partial charge in [-0.1, -0.05) is 44.0 Å². The molecule has 5 rings (SSSR count). The first-order valence-corrected chi connectivity index (χ1v) is 13.8. The van der Waals surface area contributed by atoms with E-state index in [0.717, 1.165) is 38.8 Å². The van der Waals surface area contributed by atoms with E-state index < -0.39 is 11.7 Å². The number of hydrogen-bond acceptors (Lipinski definition) is 5. The Hall–Kier alpha value is -1.92. The van der Waals surface area contributed by atoms with Gasteiger partial charge >= 0.3 is 6.18 Å². The molecule has 1 radical (unpaired) electrons. The zero-order chi connectivity index (χ0) is 29.6. The fraction of sp³-hybridized carbons (Fsp3) is 0.429. The number of piperidine rings is 1. The molecule has 3 aromatic heterocycles. The molecule has 7 nitrogen and oxygen atoms in total. The number of aryl methyl sites for hydroxylation is 1. The molecule has 0 aromatic carbocycles. The van der Waals surface area contributed by atoms with Crippen LogP contribution in [0.5, 0.6) is 0 Å². The zero-order valence-electron chi connectivity index (χ0n) is 23.1. The van der Waals surface area contributed by atoms with Crippen molar-refractivity contribution in [3.63, 3.8) is 0 Å². The van der Waals surface area contributed by atoms with Gasteiger partial charge < -0.3 is 11.1 Å². The molecular weight excluding hydrogens is 652 g/mol. The number of pyridine rings is 2. The SMILES string of the molecule is C=C(C)C(F)(F)F.Cc1cc(Cl)nc(-c2ccnc3cc(CN4C(=O)C5C(C4=O)C5(C)C)sc23)c1[N-]CCC[NH-].[Y]. The average molecular weight is 681 g/mol. The van der Waals surface area contributed by atoms with Crippen LogP contribution in [0.3, 0.4) is 0 Å². The number of thiophene rings is 1. The van der Waals surface area contributed by atoms with Gasteiger partial charge in [-0.25, -0.2) is 4.98 Å². The summed E-state index contributed by atoms with van der Waals surface area (Å²) < 4.78 is 34.2. The second-order valence-electron chi connectivity index (χ2n) is 10.5. The third kappa shape index (κ3) is 6.85. The summed E-state index contributed by atoms with van der Waals surface area (Å²) in [4.78, 5) is 36.9. The second kappa shape index (κ2) is 12.8. The fourth-order valence-corrected chi connectivity index (χ4v) is 6.22. The Morgan fingerprint density at radius 2 is 1.85 bits per heavy atom. The van der Waals surface area contributed by atoms with Crippen molar-refractivity contribution in [2.75, 3.05) is 13.1 Å². The molecule has 217 valence electrons. The van der Waals surface area contributed by atoms with Crippen LogP contribution in [-0.4, -0.2) is 45.9 Å². The number of carbonyl (C=O) groups is 2. The van der Waals surface area contributed by atoms with Gasteiger partial charge in [0.15, 0.2) is 0 Å². The number of rotatable bonds is 7. The third-order valence-electron chi connectivity index (χ3n) is 7.16. The number of nitrogens with one attached hydrogen (secondary N) is 1. The molecule has 1 saturated carbocycles. The Labute approximate surface area is 271 Å². The van der Waals surface area contributed by atoms with Gasteiger partial charge in [0, 0.05) is 54.9 Å². The molecule has 3 aromatic rings. The van der Waals surface area contributed by atoms with E-state index in [1.54, 1.807) is 12.3 Å². The van der Waals surface area contributed by atoms with Gasteiger partial charge in [0.1, 0.15) is 5.15 Å². The summed E-state index contributed by atoms with van der Waals surface area (Å²) in [6, 6.07) is 5.63. The number of aromatic nitrogens is 2. The van der Waals surface area contributed by atoms with Crippen molar-refractivity contribution >= 4 is 50.7 Å². The first-order valence-electron chi connectivity index (χ1n) is 12.6. The Morgan fingerprint density at radius 3 is 2.41 bits per heavy atom. The van der Waals surface area contributed by atoms with Crippen molar-refractivity contribution in [1.29, 1.82) is 0 Å². The summed E-state index contributed by atoms with van der Waals surface area (Å²) in [5, 5.41) is 5.09. The van der Waals surface area contributed by atoms with Crippen LogP contribution >= 0.6 is 22.9 Å². The van der Waals surface area contributed by atoms with E-state index in [9.17, 15) is 22.8 Å². The minimum absolute atomic E-state index is 0. The van der Waals surface area contributed by atoms with Crippen LogP contribution in [0.4, 0.5) is 18.9 Å². The van der Waals surface area contributed by atoms with Crippen LogP contribution in [0.15, 0.2) is 36.5 Å². The number of alkyl halides is 3. The molecule has 2 fully saturated rings. The number of nitrogens with zero attached hydrogens (tertiary/aromatic N) is 4. The molecule has 1 aliphatic carbocycles. The van der Waals surface area contributed by atoms with Gasteiger partial charge in [-0.05, 0) is 37.5 Å². The van der Waals surface area contributed by atoms with Gasteiger partial charge in [0.25, 0.3) is 0 Å². The first kappa shape index (κ1) is 33.6. The Kier molecular flexibility index (Phi) is 10.4. The molecule has 1 saturated heterocycles. The molecule has 4 heterocycles. The van der Waals surface area contributed by atoms with Crippen molar-refractivity contribution in [2.45, 2.75) is 46.8 Å². The molecule has 2 atom stereocenters. The zero-order valence-corrected chi connectivity index (χ0v) is 27.5. The molecule has 2 amide bonds. The number of imide groups is 1. The first-order chi connectivity index (χ1) is 18.7. The number of allylic oxidation sites excluding steroid dienone is 1. The standard InChI is InChI=1S/C24H24ClN5O2S.C4H5F3.Y/c1-12-9-16(25)29-20(19(12)28-7-4-6-26)14-5-8-27-15-10-13(33-21(14)15)11-30-22(31)17-18(23(30)32)24(17,2)3;1-3(2)4(5,6)7;/h5,8-10,17-18,26H,4,6-7,11H2,1-3H3;1H2,2H3;/q-2;;. The molecule has 13 heteroatoms. The van der Waals surface area contributed by atoms with Gasteiger partial charge in [0.2, 0.25) is 11.8 Å². The van der Waals surface area contributed by atoms with Crippen molar-refractivity contribution < 1.29 is 55.5 Å². The van der Waals surface area contributed by atoms with Crippen LogP contribution in [0.25, 0.3) is 32.5 Å². The van der Waals surface area contributed by atoms with Crippen molar-refractivity contribution in [1.82, 2.24) is 14.9 Å². The number of likely N-dealkylation sites (tertiary alicyclic amines) is 1. The number of amides is 2. The van der Waals surface area contributed by atoms with E-state index >= 15 is 0 Å². The minimum atomic E-state index is -4.19. The number of fused-ring (bicyclic) bond motifs is 2. The molecule has 2 aliphatic rings. The van der Waals surface area contributed by atoms with Crippen molar-refractivity contribution in [3.8, 4) is 11.3 Å². The summed E-state index contributed by atoms with van der Waals surface area (Å²) in [6.45, 7) is 10.7. The summed E-state index contributed by atoms with van der Waals surface area (Å²) in [5.41, 5.74) is 10.4. The normalized spacial score (nSPS) is 18.9. The summed E-state index contributed by atoms with van der Waals surface area (Å²) >= 11 is 7.81. The van der Waals surface area contributed by atoms with Crippen LogP contribution in [0.2, 0.25) is 5.15 Å². The fourth-order valence-electron chi connectivity index (χ4n) is 4.85. The maximum absolute atomic E-state index is 12.8. The van der Waals surface area contributed by atoms with Crippen molar-refractivity contribution in [3.05, 3.63) is 63.2 Å². The van der Waals surface area contributed by atoms with Gasteiger partial charge in [0.05, 0.1) is 34.3 Å². The van der Waals surface area contributed by atoms with Crippen LogP contribution in [-0.2, 0) is 48.8 Å². The van der Waals surface area contributed by atoms with E-state index in [4.69, 9.17) is 22.7 Å². The van der Waals surface area contributed by atoms with Gasteiger partial charge in [-0.3, -0.25) is 19.5 Å². The quantitative estimate of drug-likeness (QED) is 0.109. The van der Waals surface area contributed by atoms with E-state index in [1.807, 2.05) is 32.9 Å². The molecule has 1 aliphatic heterocycles. The van der Waals surface area contributed by atoms with E-state index in [2.05, 4.69) is 16.5 Å². The summed E-state index contributed by atoms with van der Waals surface area (Å²) in [6.07, 6.45) is -1.80. The number of halogens is 4. The predicted molar refractivity (Wildman–Crippen MR) is 151 cm³/mol. The Morgan fingerprint density at radius 1 is 1.24 bits per heavy atom. The predicted octanol–water partition coefficient (Wildman–Crippen LogP) is 8.03. The Balaban J connectivity index is 0.000000516. The van der Waals surface area contributed by atoms with Crippen LogP contribution in [0.1, 0.15) is 37.6 Å². The molecular formula is C28H29ClF3N5O2SY-2. The monoisotopic (exact) mass is 680 g/mol. The molecule has 41 heavy (non-hydrogen) atoms. The van der Waals surface area contributed by atoms with Crippen molar-refractivity contribution in [2.24, 2.45) is 17.3 Å². The van der Waals surface area contributed by atoms with Crippen LogP contribution < -0.4 is 0 Å². The second-order valence-corrected chi connectivity index (χ2v) is 12.1. The van der Waals surface area contributed by atoms with Crippen LogP contribution in [0, 0.1) is 24.2 Å². The maximum atomic E-state index is 12.8. The van der Waals surface area contributed by atoms with E-state index in [0.29, 0.717) is 30.4 Å². The largest absolute Gasteiger partial charge is 0.682 e. The Bertz CT molecular complexity index is 1470. The minimum Gasteiger partial charge on any atom is -0.682 e. The molecule has 2 unspecified atom stereocenters. The summed E-state index contributed by atoms with van der Waals surface area (Å²) in [5.74, 6) is -0.495. The summed E-state index contributed by atoms with van der Waals surface area (Å²) in [7, 11) is 0. The van der Waals surface area contributed by atoms with Gasteiger partial charge in [-0.2, -0.15) is 19.7 Å². The molecule has 0 bridgehead atoms.